The molecule has 0 aromatic heterocycles. The van der Waals surface area contributed by atoms with Gasteiger partial charge in [0, 0.05) is 12.5 Å². The van der Waals surface area contributed by atoms with Gasteiger partial charge in [0.05, 0.1) is 0 Å². The lowest BCUT2D eigenvalue weighted by Crippen LogP contribution is -2.19. The van der Waals surface area contributed by atoms with Crippen molar-refractivity contribution in [1.82, 2.24) is 0 Å². The van der Waals surface area contributed by atoms with Crippen molar-refractivity contribution in [3.63, 3.8) is 0 Å². The highest BCUT2D eigenvalue weighted by molar-refractivity contribution is 5.41. The molecule has 0 spiro atoms. The van der Waals surface area contributed by atoms with E-state index in [2.05, 4.69) is 19.1 Å². The van der Waals surface area contributed by atoms with Crippen LogP contribution in [0.2, 0.25) is 0 Å². The molecule has 1 nitrogen and oxygen atoms in total. The van der Waals surface area contributed by atoms with E-state index in [0.717, 1.165) is 36.0 Å². The Morgan fingerprint density at radius 1 is 1.00 bits per heavy atom. The van der Waals surface area contributed by atoms with Gasteiger partial charge in [-0.15, -0.1) is 0 Å². The first-order valence-electron chi connectivity index (χ1n) is 7.29. The van der Waals surface area contributed by atoms with E-state index < -0.39 is 18.6 Å². The van der Waals surface area contributed by atoms with Crippen LogP contribution in [0.4, 0.5) is 13.2 Å². The van der Waals surface area contributed by atoms with Gasteiger partial charge in [-0.2, -0.15) is 13.2 Å². The normalized spacial score (nSPS) is 13.6. The van der Waals surface area contributed by atoms with Gasteiger partial charge >= 0.3 is 6.18 Å². The van der Waals surface area contributed by atoms with Crippen LogP contribution in [0.1, 0.15) is 61.9 Å². The fourth-order valence-electron chi connectivity index (χ4n) is 2.58. The third-order valence-electron chi connectivity index (χ3n) is 3.69. The summed E-state index contributed by atoms with van der Waals surface area (Å²) >= 11 is 0. The summed E-state index contributed by atoms with van der Waals surface area (Å²) in [6.45, 7) is 6.12. The maximum atomic E-state index is 12.4. The van der Waals surface area contributed by atoms with Crippen molar-refractivity contribution in [3.8, 4) is 0 Å². The highest BCUT2D eigenvalue weighted by Crippen LogP contribution is 2.31. The maximum Gasteiger partial charge on any atom is 0.389 e. The van der Waals surface area contributed by atoms with E-state index >= 15 is 0 Å². The molecule has 1 aromatic rings. The molecule has 0 aliphatic rings. The van der Waals surface area contributed by atoms with Crippen LogP contribution in [0.15, 0.2) is 12.1 Å². The molecule has 0 aliphatic carbocycles. The van der Waals surface area contributed by atoms with Gasteiger partial charge < -0.3 is 5.73 Å². The van der Waals surface area contributed by atoms with E-state index in [1.165, 1.54) is 5.56 Å². The van der Waals surface area contributed by atoms with Crippen LogP contribution in [0.25, 0.3) is 0 Å². The Morgan fingerprint density at radius 2 is 1.50 bits per heavy atom. The van der Waals surface area contributed by atoms with Gasteiger partial charge in [-0.05, 0) is 47.9 Å². The Bertz CT molecular complexity index is 413. The number of hydrogen-bond acceptors (Lipinski definition) is 1. The summed E-state index contributed by atoms with van der Waals surface area (Å²) in [5, 5.41) is 0. The second kappa shape index (κ2) is 7.11. The highest BCUT2D eigenvalue weighted by atomic mass is 19.4. The summed E-state index contributed by atoms with van der Waals surface area (Å²) in [5.74, 6) is 0. The second-order valence-electron chi connectivity index (χ2n) is 5.15. The SMILES string of the molecule is CCc1cc(CC)c(C(N)CCC(F)(F)F)c(CC)c1. The van der Waals surface area contributed by atoms with Crippen molar-refractivity contribution in [2.45, 2.75) is 65.1 Å². The molecule has 0 saturated carbocycles. The standard InChI is InChI=1S/C16H24F3N/c1-4-11-9-12(5-2)15(13(6-3)10-11)14(20)7-8-16(17,18)19/h9-10,14H,4-8,20H2,1-3H3. The number of hydrogen-bond donors (Lipinski definition) is 1. The predicted molar refractivity (Wildman–Crippen MR) is 76.8 cm³/mol. The van der Waals surface area contributed by atoms with Crippen LogP contribution in [0, 0.1) is 0 Å². The minimum absolute atomic E-state index is 0.0467. The van der Waals surface area contributed by atoms with E-state index in [-0.39, 0.29) is 6.42 Å². The number of rotatable bonds is 6. The Hall–Kier alpha value is -1.03. The molecule has 1 aromatic carbocycles. The number of alkyl halides is 3. The first-order valence-corrected chi connectivity index (χ1v) is 7.29. The van der Waals surface area contributed by atoms with Crippen LogP contribution in [-0.4, -0.2) is 6.18 Å². The molecule has 4 heteroatoms. The second-order valence-corrected chi connectivity index (χ2v) is 5.15. The maximum absolute atomic E-state index is 12.4. The van der Waals surface area contributed by atoms with Crippen molar-refractivity contribution in [3.05, 3.63) is 34.4 Å². The molecule has 20 heavy (non-hydrogen) atoms. The summed E-state index contributed by atoms with van der Waals surface area (Å²) in [7, 11) is 0. The molecule has 114 valence electrons. The smallest absolute Gasteiger partial charge is 0.324 e. The molecule has 0 heterocycles. The summed E-state index contributed by atoms with van der Waals surface area (Å²) in [4.78, 5) is 0. The molecule has 0 radical (unpaired) electrons. The van der Waals surface area contributed by atoms with Gasteiger partial charge in [0.25, 0.3) is 0 Å². The van der Waals surface area contributed by atoms with Gasteiger partial charge in [-0.1, -0.05) is 32.9 Å². The molecular formula is C16H24F3N. The van der Waals surface area contributed by atoms with Crippen LogP contribution in [-0.2, 0) is 19.3 Å². The molecule has 0 aliphatic heterocycles. The lowest BCUT2D eigenvalue weighted by atomic mass is 9.88. The minimum Gasteiger partial charge on any atom is -0.324 e. The van der Waals surface area contributed by atoms with Crippen molar-refractivity contribution in [2.24, 2.45) is 5.73 Å². The Kier molecular flexibility index (Phi) is 6.06. The first-order chi connectivity index (χ1) is 9.32. The fraction of sp³-hybridized carbons (Fsp3) is 0.625. The van der Waals surface area contributed by atoms with Crippen molar-refractivity contribution in [1.29, 1.82) is 0 Å². The Morgan fingerprint density at radius 3 is 1.85 bits per heavy atom. The number of benzene rings is 1. The minimum atomic E-state index is -4.14. The fourth-order valence-corrected chi connectivity index (χ4v) is 2.58. The third-order valence-corrected chi connectivity index (χ3v) is 3.69. The van der Waals surface area contributed by atoms with Crippen molar-refractivity contribution < 1.29 is 13.2 Å². The average Bonchev–Trinajstić information content (AvgIpc) is 2.42. The highest BCUT2D eigenvalue weighted by Gasteiger charge is 2.28. The van der Waals surface area contributed by atoms with E-state index in [9.17, 15) is 13.2 Å². The van der Waals surface area contributed by atoms with E-state index in [0.29, 0.717) is 0 Å². The molecule has 1 atom stereocenters. The molecule has 0 fully saturated rings. The zero-order valence-electron chi connectivity index (χ0n) is 12.5. The van der Waals surface area contributed by atoms with Gasteiger partial charge in [-0.3, -0.25) is 0 Å². The van der Waals surface area contributed by atoms with Crippen LogP contribution in [0.5, 0.6) is 0 Å². The summed E-state index contributed by atoms with van der Waals surface area (Å²) in [5.41, 5.74) is 10.4. The van der Waals surface area contributed by atoms with Crippen LogP contribution in [0.3, 0.4) is 0 Å². The van der Waals surface area contributed by atoms with Crippen molar-refractivity contribution >= 4 is 0 Å². The van der Waals surface area contributed by atoms with E-state index in [1.54, 1.807) is 0 Å². The van der Waals surface area contributed by atoms with E-state index in [4.69, 9.17) is 5.73 Å². The van der Waals surface area contributed by atoms with Gasteiger partial charge in [0.2, 0.25) is 0 Å². The first kappa shape index (κ1) is 17.0. The summed E-state index contributed by atoms with van der Waals surface area (Å²) in [6.07, 6.45) is -2.48. The number of halogens is 3. The van der Waals surface area contributed by atoms with E-state index in [1.807, 2.05) is 13.8 Å². The average molecular weight is 287 g/mol. The molecule has 1 rings (SSSR count). The molecule has 0 saturated heterocycles. The zero-order chi connectivity index (χ0) is 15.3. The summed E-state index contributed by atoms with van der Waals surface area (Å²) < 4.78 is 37.1. The molecule has 0 bridgehead atoms. The number of nitrogens with two attached hydrogens (primary N) is 1. The molecule has 1 unspecified atom stereocenters. The number of aryl methyl sites for hydroxylation is 3. The quantitative estimate of drug-likeness (QED) is 0.805. The predicted octanol–water partition coefficient (Wildman–Crippen LogP) is 4.72. The van der Waals surface area contributed by atoms with Crippen molar-refractivity contribution in [2.75, 3.05) is 0 Å². The van der Waals surface area contributed by atoms with Crippen LogP contribution < -0.4 is 5.73 Å². The van der Waals surface area contributed by atoms with Gasteiger partial charge in [-0.25, -0.2) is 0 Å². The lowest BCUT2D eigenvalue weighted by Gasteiger charge is -2.21. The van der Waals surface area contributed by atoms with Gasteiger partial charge in [0.15, 0.2) is 0 Å². The molecule has 2 N–H and O–H groups in total. The Labute approximate surface area is 119 Å². The third kappa shape index (κ3) is 4.51. The Balaban J connectivity index is 3.08. The molecular weight excluding hydrogens is 263 g/mol. The monoisotopic (exact) mass is 287 g/mol. The largest absolute Gasteiger partial charge is 0.389 e. The zero-order valence-corrected chi connectivity index (χ0v) is 12.5. The molecule has 0 amide bonds. The topological polar surface area (TPSA) is 26.0 Å². The lowest BCUT2D eigenvalue weighted by molar-refractivity contribution is -0.136. The summed E-state index contributed by atoms with van der Waals surface area (Å²) in [6, 6.07) is 3.64. The van der Waals surface area contributed by atoms with Gasteiger partial charge in [0.1, 0.15) is 0 Å². The van der Waals surface area contributed by atoms with Crippen LogP contribution >= 0.6 is 0 Å².